The quantitative estimate of drug-likeness (QED) is 0.724. The van der Waals surface area contributed by atoms with Gasteiger partial charge in [-0.2, -0.15) is 0 Å². The van der Waals surface area contributed by atoms with Crippen molar-refractivity contribution in [3.63, 3.8) is 0 Å². The van der Waals surface area contributed by atoms with Crippen LogP contribution in [0.4, 0.5) is 10.8 Å². The van der Waals surface area contributed by atoms with Crippen LogP contribution >= 0.6 is 11.3 Å². The molecular formula is C18H15N2O2S-. The molecule has 3 rings (SSSR count). The number of aromatic nitrogens is 1. The van der Waals surface area contributed by atoms with Crippen molar-refractivity contribution in [2.24, 2.45) is 0 Å². The monoisotopic (exact) mass is 323 g/mol. The van der Waals surface area contributed by atoms with Crippen LogP contribution in [0, 0.1) is 6.92 Å². The van der Waals surface area contributed by atoms with Crippen LogP contribution in [0.3, 0.4) is 0 Å². The SMILES string of the molecule is Cc1sc(N(CC(=O)[O-])c2ccccc2)nc1-c1ccccc1. The molecule has 0 aliphatic heterocycles. The van der Waals surface area contributed by atoms with Gasteiger partial charge >= 0.3 is 0 Å². The van der Waals surface area contributed by atoms with Gasteiger partial charge < -0.3 is 14.8 Å². The standard InChI is InChI=1S/C18H16N2O2S/c1-13-17(14-8-4-2-5-9-14)19-18(23-13)20(12-16(21)22)15-10-6-3-7-11-15/h2-11H,12H2,1H3,(H,21,22)/p-1. The average Bonchev–Trinajstić information content (AvgIpc) is 2.96. The number of hydrogen-bond acceptors (Lipinski definition) is 5. The van der Waals surface area contributed by atoms with E-state index in [0.29, 0.717) is 5.13 Å². The van der Waals surface area contributed by atoms with Crippen molar-refractivity contribution in [1.29, 1.82) is 0 Å². The third-order valence-corrected chi connectivity index (χ3v) is 4.41. The molecule has 23 heavy (non-hydrogen) atoms. The fourth-order valence-electron chi connectivity index (χ4n) is 2.37. The van der Waals surface area contributed by atoms with Crippen LogP contribution in [0.1, 0.15) is 4.88 Å². The Morgan fingerprint density at radius 3 is 2.30 bits per heavy atom. The lowest BCUT2D eigenvalue weighted by Crippen LogP contribution is -2.35. The Kier molecular flexibility index (Phi) is 4.39. The lowest BCUT2D eigenvalue weighted by Gasteiger charge is -2.22. The Morgan fingerprint density at radius 1 is 1.09 bits per heavy atom. The molecule has 3 aromatic rings. The van der Waals surface area contributed by atoms with E-state index in [9.17, 15) is 9.90 Å². The minimum Gasteiger partial charge on any atom is -0.548 e. The van der Waals surface area contributed by atoms with Gasteiger partial charge in [-0.05, 0) is 19.1 Å². The summed E-state index contributed by atoms with van der Waals surface area (Å²) in [6.45, 7) is 1.76. The van der Waals surface area contributed by atoms with E-state index >= 15 is 0 Å². The maximum atomic E-state index is 11.1. The summed E-state index contributed by atoms with van der Waals surface area (Å²) >= 11 is 1.48. The number of carboxylic acids is 1. The van der Waals surface area contributed by atoms with Crippen molar-refractivity contribution in [3.8, 4) is 11.3 Å². The summed E-state index contributed by atoms with van der Waals surface area (Å²) in [4.78, 5) is 18.5. The Bertz CT molecular complexity index is 800. The smallest absolute Gasteiger partial charge is 0.191 e. The number of anilines is 2. The molecule has 0 unspecified atom stereocenters. The topological polar surface area (TPSA) is 56.3 Å². The number of para-hydroxylation sites is 1. The van der Waals surface area contributed by atoms with Gasteiger partial charge in [-0.15, -0.1) is 11.3 Å². The molecule has 5 heteroatoms. The fraction of sp³-hybridized carbons (Fsp3) is 0.111. The van der Waals surface area contributed by atoms with E-state index in [-0.39, 0.29) is 6.54 Å². The summed E-state index contributed by atoms with van der Waals surface area (Å²) in [6, 6.07) is 19.2. The zero-order valence-electron chi connectivity index (χ0n) is 12.6. The van der Waals surface area contributed by atoms with E-state index in [1.165, 1.54) is 11.3 Å². The number of benzene rings is 2. The van der Waals surface area contributed by atoms with E-state index in [4.69, 9.17) is 0 Å². The summed E-state index contributed by atoms with van der Waals surface area (Å²) in [5, 5.41) is 11.8. The summed E-state index contributed by atoms with van der Waals surface area (Å²) in [6.07, 6.45) is 0. The summed E-state index contributed by atoms with van der Waals surface area (Å²) in [7, 11) is 0. The largest absolute Gasteiger partial charge is 0.548 e. The highest BCUT2D eigenvalue weighted by Crippen LogP contribution is 2.35. The van der Waals surface area contributed by atoms with Crippen LogP contribution in [0.15, 0.2) is 60.7 Å². The number of carboxylic acid groups (broad SMARTS) is 1. The third-order valence-electron chi connectivity index (χ3n) is 3.42. The van der Waals surface area contributed by atoms with Crippen LogP contribution in [-0.2, 0) is 4.79 Å². The number of aliphatic carboxylic acids is 1. The van der Waals surface area contributed by atoms with E-state index < -0.39 is 5.97 Å². The number of carbonyl (C=O) groups is 1. The maximum Gasteiger partial charge on any atom is 0.191 e. The fourth-order valence-corrected chi connectivity index (χ4v) is 3.32. The van der Waals surface area contributed by atoms with Gasteiger partial charge in [0, 0.05) is 16.1 Å². The van der Waals surface area contributed by atoms with Gasteiger partial charge in [-0.25, -0.2) is 4.98 Å². The molecule has 0 amide bonds. The first-order valence-electron chi connectivity index (χ1n) is 7.20. The van der Waals surface area contributed by atoms with Crippen molar-refractivity contribution < 1.29 is 9.90 Å². The predicted molar refractivity (Wildman–Crippen MR) is 90.7 cm³/mol. The number of rotatable bonds is 5. The van der Waals surface area contributed by atoms with Crippen molar-refractivity contribution in [2.75, 3.05) is 11.4 Å². The van der Waals surface area contributed by atoms with Crippen LogP contribution in [0.5, 0.6) is 0 Å². The molecule has 0 saturated carbocycles. The Labute approximate surface area is 138 Å². The molecular weight excluding hydrogens is 308 g/mol. The van der Waals surface area contributed by atoms with Crippen molar-refractivity contribution in [2.45, 2.75) is 6.92 Å². The molecule has 0 bridgehead atoms. The van der Waals surface area contributed by atoms with E-state index in [1.54, 1.807) is 4.90 Å². The van der Waals surface area contributed by atoms with Gasteiger partial charge in [0.25, 0.3) is 0 Å². The van der Waals surface area contributed by atoms with Crippen molar-refractivity contribution in [1.82, 2.24) is 4.98 Å². The number of hydrogen-bond donors (Lipinski definition) is 0. The Morgan fingerprint density at radius 2 is 1.70 bits per heavy atom. The van der Waals surface area contributed by atoms with Crippen molar-refractivity contribution in [3.05, 3.63) is 65.5 Å². The first-order chi connectivity index (χ1) is 11.1. The molecule has 1 aromatic heterocycles. The van der Waals surface area contributed by atoms with Gasteiger partial charge in [-0.1, -0.05) is 48.5 Å². The molecule has 0 radical (unpaired) electrons. The Balaban J connectivity index is 2.02. The average molecular weight is 323 g/mol. The molecule has 0 spiro atoms. The zero-order chi connectivity index (χ0) is 16.2. The molecule has 2 aromatic carbocycles. The molecule has 0 aliphatic carbocycles. The minimum absolute atomic E-state index is 0.231. The number of thiazole rings is 1. The van der Waals surface area contributed by atoms with Crippen molar-refractivity contribution >= 4 is 28.1 Å². The molecule has 0 fully saturated rings. The minimum atomic E-state index is -1.14. The van der Waals surface area contributed by atoms with E-state index in [2.05, 4.69) is 4.98 Å². The van der Waals surface area contributed by atoms with Crippen LogP contribution in [-0.4, -0.2) is 17.5 Å². The highest BCUT2D eigenvalue weighted by Gasteiger charge is 2.17. The highest BCUT2D eigenvalue weighted by atomic mass is 32.1. The molecule has 1 heterocycles. The normalized spacial score (nSPS) is 10.5. The molecule has 0 saturated heterocycles. The second-order valence-electron chi connectivity index (χ2n) is 5.06. The molecule has 0 atom stereocenters. The second kappa shape index (κ2) is 6.62. The molecule has 0 aliphatic rings. The van der Waals surface area contributed by atoms with Gasteiger partial charge in [0.2, 0.25) is 0 Å². The van der Waals surface area contributed by atoms with Gasteiger partial charge in [0.15, 0.2) is 5.13 Å². The van der Waals surface area contributed by atoms with Crippen LogP contribution < -0.4 is 10.0 Å². The van der Waals surface area contributed by atoms with Gasteiger partial charge in [0.05, 0.1) is 18.2 Å². The summed E-state index contributed by atoms with van der Waals surface area (Å²) in [5.74, 6) is -1.14. The number of nitrogens with zero attached hydrogens (tertiary/aromatic N) is 2. The van der Waals surface area contributed by atoms with Gasteiger partial charge in [0.1, 0.15) is 0 Å². The van der Waals surface area contributed by atoms with E-state index in [0.717, 1.165) is 21.8 Å². The summed E-state index contributed by atoms with van der Waals surface area (Å²) < 4.78 is 0. The summed E-state index contributed by atoms with van der Waals surface area (Å²) in [5.41, 5.74) is 2.68. The first-order valence-corrected chi connectivity index (χ1v) is 8.02. The lowest BCUT2D eigenvalue weighted by molar-refractivity contribution is -0.303. The first kappa shape index (κ1) is 15.2. The third kappa shape index (κ3) is 3.40. The lowest BCUT2D eigenvalue weighted by atomic mass is 10.1. The van der Waals surface area contributed by atoms with Gasteiger partial charge in [-0.3, -0.25) is 0 Å². The highest BCUT2D eigenvalue weighted by molar-refractivity contribution is 7.16. The molecule has 4 nitrogen and oxygen atoms in total. The zero-order valence-corrected chi connectivity index (χ0v) is 13.4. The second-order valence-corrected chi connectivity index (χ2v) is 6.24. The number of carbonyl (C=O) groups excluding carboxylic acids is 1. The Hall–Kier alpha value is -2.66. The maximum absolute atomic E-state index is 11.1. The van der Waals surface area contributed by atoms with E-state index in [1.807, 2.05) is 67.6 Å². The van der Waals surface area contributed by atoms with Crippen LogP contribution in [0.2, 0.25) is 0 Å². The predicted octanol–water partition coefficient (Wildman–Crippen LogP) is 3.01. The van der Waals surface area contributed by atoms with Crippen LogP contribution in [0.25, 0.3) is 11.3 Å². The molecule has 0 N–H and O–H groups in total. The number of aryl methyl sites for hydroxylation is 1. The molecule has 116 valence electrons.